The summed E-state index contributed by atoms with van der Waals surface area (Å²) in [4.78, 5) is 36.3. The summed E-state index contributed by atoms with van der Waals surface area (Å²) in [5, 5.41) is 6.44. The van der Waals surface area contributed by atoms with Gasteiger partial charge in [0.15, 0.2) is 0 Å². The summed E-state index contributed by atoms with van der Waals surface area (Å²) in [6, 6.07) is 18.4. The Morgan fingerprint density at radius 3 is 2.12 bits per heavy atom. The van der Waals surface area contributed by atoms with E-state index in [1.807, 2.05) is 60.7 Å². The Morgan fingerprint density at radius 1 is 1.00 bits per heavy atom. The van der Waals surface area contributed by atoms with Gasteiger partial charge in [0.2, 0.25) is 5.91 Å². The van der Waals surface area contributed by atoms with Gasteiger partial charge in [0.25, 0.3) is 5.91 Å². The summed E-state index contributed by atoms with van der Waals surface area (Å²) in [5.74, 6) is -0.765. The molecule has 0 aliphatic carbocycles. The number of hydrazone groups is 1. The molecule has 0 saturated carbocycles. The average molecular weight is 350 g/mol. The van der Waals surface area contributed by atoms with Crippen molar-refractivity contribution in [2.24, 2.45) is 5.10 Å². The molecule has 1 heterocycles. The highest BCUT2D eigenvalue weighted by atomic mass is 16.2. The van der Waals surface area contributed by atoms with Gasteiger partial charge < -0.3 is 4.90 Å². The smallest absolute Gasteiger partial charge is 0.315 e. The number of amides is 4. The van der Waals surface area contributed by atoms with Gasteiger partial charge in [0, 0.05) is 24.1 Å². The highest BCUT2D eigenvalue weighted by molar-refractivity contribution is 6.13. The van der Waals surface area contributed by atoms with Crippen molar-refractivity contribution in [2.75, 3.05) is 13.1 Å². The van der Waals surface area contributed by atoms with Crippen LogP contribution in [0.2, 0.25) is 0 Å². The molecule has 3 rings (SSSR count). The summed E-state index contributed by atoms with van der Waals surface area (Å²) < 4.78 is 0. The molecule has 4 amide bonds. The molecule has 2 N–H and O–H groups in total. The maximum absolute atomic E-state index is 12.2. The molecule has 1 aliphatic rings. The maximum atomic E-state index is 12.2. The third-order valence-corrected chi connectivity index (χ3v) is 3.86. The van der Waals surface area contributed by atoms with Gasteiger partial charge in [0.05, 0.1) is 5.71 Å². The number of hydrogen-bond donors (Lipinski definition) is 2. The van der Waals surface area contributed by atoms with Crippen molar-refractivity contribution in [2.45, 2.75) is 6.42 Å². The quantitative estimate of drug-likeness (QED) is 0.632. The van der Waals surface area contributed by atoms with Crippen molar-refractivity contribution in [1.29, 1.82) is 0 Å². The van der Waals surface area contributed by atoms with Crippen molar-refractivity contribution < 1.29 is 14.4 Å². The summed E-state index contributed by atoms with van der Waals surface area (Å²) in [5.41, 5.74) is 4.85. The number of rotatable bonds is 5. The molecule has 0 unspecified atom stereocenters. The molecule has 1 fully saturated rings. The van der Waals surface area contributed by atoms with Crippen LogP contribution in [0.25, 0.3) is 0 Å². The highest BCUT2D eigenvalue weighted by Crippen LogP contribution is 2.10. The summed E-state index contributed by atoms with van der Waals surface area (Å²) in [7, 11) is 0. The lowest BCUT2D eigenvalue weighted by atomic mass is 10.0. The topological polar surface area (TPSA) is 90.9 Å². The molecule has 0 spiro atoms. The molecule has 7 heteroatoms. The monoisotopic (exact) mass is 350 g/mol. The van der Waals surface area contributed by atoms with Gasteiger partial charge in [-0.05, 0) is 0 Å². The standard InChI is InChI=1S/C19H18N4O3/c24-16-11-12-23(19(26)20-16)13-17(25)21-22-18(14-7-3-1-4-8-14)15-9-5-2-6-10-15/h1-10H,11-13H2,(H,21,25)(H,20,24,26). The molecule has 1 saturated heterocycles. The van der Waals surface area contributed by atoms with Crippen molar-refractivity contribution >= 4 is 23.6 Å². The number of urea groups is 1. The molecule has 132 valence electrons. The van der Waals surface area contributed by atoms with E-state index in [-0.39, 0.29) is 25.4 Å². The van der Waals surface area contributed by atoms with Crippen LogP contribution in [0.3, 0.4) is 0 Å². The fourth-order valence-electron chi connectivity index (χ4n) is 2.56. The molecule has 2 aromatic rings. The molecule has 0 bridgehead atoms. The first kappa shape index (κ1) is 17.3. The minimum absolute atomic E-state index is 0.167. The molecule has 0 aromatic heterocycles. The van der Waals surface area contributed by atoms with Crippen molar-refractivity contribution in [3.63, 3.8) is 0 Å². The summed E-state index contributed by atoms with van der Waals surface area (Å²) in [6.07, 6.45) is 0.182. The van der Waals surface area contributed by atoms with Crippen LogP contribution in [0, 0.1) is 0 Å². The number of hydrogen-bond acceptors (Lipinski definition) is 4. The van der Waals surface area contributed by atoms with E-state index in [2.05, 4.69) is 15.8 Å². The molecule has 1 aliphatic heterocycles. The Morgan fingerprint density at radius 2 is 1.58 bits per heavy atom. The SMILES string of the molecule is O=C(CN1CCC(=O)NC1=O)NN=C(c1ccccc1)c1ccccc1. The third-order valence-electron chi connectivity index (χ3n) is 3.86. The van der Waals surface area contributed by atoms with Crippen LogP contribution in [0.5, 0.6) is 0 Å². The van der Waals surface area contributed by atoms with Crippen molar-refractivity contribution in [3.8, 4) is 0 Å². The zero-order chi connectivity index (χ0) is 18.4. The maximum Gasteiger partial charge on any atom is 0.324 e. The van der Waals surface area contributed by atoms with E-state index in [9.17, 15) is 14.4 Å². The van der Waals surface area contributed by atoms with Gasteiger partial charge in [-0.15, -0.1) is 0 Å². The number of carbonyl (C=O) groups excluding carboxylic acids is 3. The largest absolute Gasteiger partial charge is 0.324 e. The van der Waals surface area contributed by atoms with E-state index >= 15 is 0 Å². The van der Waals surface area contributed by atoms with Gasteiger partial charge >= 0.3 is 6.03 Å². The molecule has 26 heavy (non-hydrogen) atoms. The minimum atomic E-state index is -0.563. The second-order valence-electron chi connectivity index (χ2n) is 5.75. The van der Waals surface area contributed by atoms with Crippen LogP contribution >= 0.6 is 0 Å². The van der Waals surface area contributed by atoms with Crippen LogP contribution in [0.4, 0.5) is 4.79 Å². The number of nitrogens with zero attached hydrogens (tertiary/aromatic N) is 2. The molecule has 0 atom stereocenters. The lowest BCUT2D eigenvalue weighted by Crippen LogP contribution is -2.52. The second kappa shape index (κ2) is 8.06. The van der Waals surface area contributed by atoms with E-state index in [0.717, 1.165) is 11.1 Å². The molecule has 2 aromatic carbocycles. The number of carbonyl (C=O) groups is 3. The zero-order valence-electron chi connectivity index (χ0n) is 14.0. The zero-order valence-corrected chi connectivity index (χ0v) is 14.0. The summed E-state index contributed by atoms with van der Waals surface area (Å²) >= 11 is 0. The van der Waals surface area contributed by atoms with Gasteiger partial charge in [0.1, 0.15) is 6.54 Å². The van der Waals surface area contributed by atoms with E-state index in [1.54, 1.807) is 0 Å². The van der Waals surface area contributed by atoms with E-state index in [1.165, 1.54) is 4.90 Å². The lowest BCUT2D eigenvalue weighted by Gasteiger charge is -2.25. The van der Waals surface area contributed by atoms with Crippen LogP contribution in [0.15, 0.2) is 65.8 Å². The first-order valence-corrected chi connectivity index (χ1v) is 8.19. The van der Waals surface area contributed by atoms with Crippen LogP contribution in [-0.2, 0) is 9.59 Å². The van der Waals surface area contributed by atoms with E-state index < -0.39 is 11.9 Å². The third kappa shape index (κ3) is 4.32. The number of benzene rings is 2. The first-order chi connectivity index (χ1) is 12.6. The van der Waals surface area contributed by atoms with Gasteiger partial charge in [-0.2, -0.15) is 5.10 Å². The van der Waals surface area contributed by atoms with Gasteiger partial charge in [-0.25, -0.2) is 10.2 Å². The van der Waals surface area contributed by atoms with Crippen LogP contribution < -0.4 is 10.7 Å². The van der Waals surface area contributed by atoms with Crippen LogP contribution in [0.1, 0.15) is 17.5 Å². The fraction of sp³-hybridized carbons (Fsp3) is 0.158. The van der Waals surface area contributed by atoms with Gasteiger partial charge in [-0.3, -0.25) is 14.9 Å². The first-order valence-electron chi connectivity index (χ1n) is 8.19. The van der Waals surface area contributed by atoms with Gasteiger partial charge in [-0.1, -0.05) is 60.7 Å². The normalized spacial score (nSPS) is 13.8. The lowest BCUT2D eigenvalue weighted by molar-refractivity contribution is -0.125. The summed E-state index contributed by atoms with van der Waals surface area (Å²) in [6.45, 7) is 0.0471. The Hall–Kier alpha value is -3.48. The fourth-order valence-corrected chi connectivity index (χ4v) is 2.56. The molecular weight excluding hydrogens is 332 g/mol. The Kier molecular flexibility index (Phi) is 5.38. The Bertz CT molecular complexity index is 793. The molecular formula is C19H18N4O3. The highest BCUT2D eigenvalue weighted by Gasteiger charge is 2.24. The minimum Gasteiger partial charge on any atom is -0.315 e. The molecule has 7 nitrogen and oxygen atoms in total. The van der Waals surface area contributed by atoms with E-state index in [0.29, 0.717) is 5.71 Å². The predicted molar refractivity (Wildman–Crippen MR) is 96.4 cm³/mol. The molecule has 0 radical (unpaired) electrons. The number of nitrogens with one attached hydrogen (secondary N) is 2. The Labute approximate surface area is 150 Å². The van der Waals surface area contributed by atoms with Crippen molar-refractivity contribution in [3.05, 3.63) is 71.8 Å². The Balaban J connectivity index is 1.73. The van der Waals surface area contributed by atoms with Crippen LogP contribution in [-0.4, -0.2) is 41.5 Å². The second-order valence-corrected chi connectivity index (χ2v) is 5.75. The average Bonchev–Trinajstić information content (AvgIpc) is 2.66. The van der Waals surface area contributed by atoms with E-state index in [4.69, 9.17) is 0 Å². The van der Waals surface area contributed by atoms with Crippen molar-refractivity contribution in [1.82, 2.24) is 15.6 Å². The predicted octanol–water partition coefficient (Wildman–Crippen LogP) is 1.50. The number of imide groups is 1.